The standard InChI is InChI=1S/C13H23N/c1-10(2)9-14-13-5-3-4-12(8-13)11-6-7-11/h11-14H,1,3-9H2,2H3. The second-order valence-electron chi connectivity index (χ2n) is 5.30. The van der Waals surface area contributed by atoms with Gasteiger partial charge in [-0.3, -0.25) is 0 Å². The van der Waals surface area contributed by atoms with Gasteiger partial charge in [0, 0.05) is 12.6 Å². The number of nitrogens with one attached hydrogen (secondary N) is 1. The van der Waals surface area contributed by atoms with Gasteiger partial charge in [-0.25, -0.2) is 0 Å². The van der Waals surface area contributed by atoms with Gasteiger partial charge < -0.3 is 5.32 Å². The SMILES string of the molecule is C=C(C)CNC1CCCC(C2CC2)C1. The Morgan fingerprint density at radius 3 is 2.64 bits per heavy atom. The predicted octanol–water partition coefficient (Wildman–Crippen LogP) is 3.12. The van der Waals surface area contributed by atoms with Crippen LogP contribution in [0.1, 0.15) is 45.4 Å². The van der Waals surface area contributed by atoms with Gasteiger partial charge in [0.05, 0.1) is 0 Å². The molecule has 0 aromatic heterocycles. The summed E-state index contributed by atoms with van der Waals surface area (Å²) in [5.74, 6) is 2.15. The molecule has 0 aliphatic heterocycles. The summed E-state index contributed by atoms with van der Waals surface area (Å²) in [5.41, 5.74) is 1.26. The molecule has 2 saturated carbocycles. The molecule has 2 unspecified atom stereocenters. The molecule has 0 heterocycles. The zero-order valence-electron chi connectivity index (χ0n) is 9.39. The molecule has 0 aromatic carbocycles. The third kappa shape index (κ3) is 2.84. The van der Waals surface area contributed by atoms with E-state index in [0.29, 0.717) is 0 Å². The minimum Gasteiger partial charge on any atom is -0.310 e. The van der Waals surface area contributed by atoms with Crippen molar-refractivity contribution in [3.63, 3.8) is 0 Å². The fourth-order valence-corrected chi connectivity index (χ4v) is 2.73. The lowest BCUT2D eigenvalue weighted by Gasteiger charge is -2.30. The molecule has 0 radical (unpaired) electrons. The van der Waals surface area contributed by atoms with Crippen molar-refractivity contribution in [2.75, 3.05) is 6.54 Å². The van der Waals surface area contributed by atoms with Crippen LogP contribution in [0.2, 0.25) is 0 Å². The Bertz CT molecular complexity index is 205. The first-order valence-corrected chi connectivity index (χ1v) is 6.13. The molecule has 2 atom stereocenters. The molecule has 0 amide bonds. The molecule has 2 aliphatic rings. The van der Waals surface area contributed by atoms with Crippen molar-refractivity contribution in [3.8, 4) is 0 Å². The topological polar surface area (TPSA) is 12.0 Å². The maximum atomic E-state index is 3.94. The van der Waals surface area contributed by atoms with E-state index in [1.165, 1.54) is 44.1 Å². The number of rotatable bonds is 4. The van der Waals surface area contributed by atoms with Gasteiger partial charge in [-0.05, 0) is 44.4 Å². The van der Waals surface area contributed by atoms with Crippen LogP contribution in [-0.4, -0.2) is 12.6 Å². The van der Waals surface area contributed by atoms with Gasteiger partial charge in [0.2, 0.25) is 0 Å². The van der Waals surface area contributed by atoms with Crippen LogP contribution in [0, 0.1) is 11.8 Å². The maximum absolute atomic E-state index is 3.94. The van der Waals surface area contributed by atoms with Gasteiger partial charge >= 0.3 is 0 Å². The fraction of sp³-hybridized carbons (Fsp3) is 0.846. The normalized spacial score (nSPS) is 32.9. The summed E-state index contributed by atoms with van der Waals surface area (Å²) < 4.78 is 0. The highest BCUT2D eigenvalue weighted by atomic mass is 14.9. The lowest BCUT2D eigenvalue weighted by molar-refractivity contribution is 0.265. The number of hydrogen-bond donors (Lipinski definition) is 1. The van der Waals surface area contributed by atoms with Gasteiger partial charge in [0.15, 0.2) is 0 Å². The Morgan fingerprint density at radius 1 is 1.21 bits per heavy atom. The van der Waals surface area contributed by atoms with E-state index in [-0.39, 0.29) is 0 Å². The molecule has 2 rings (SSSR count). The highest BCUT2D eigenvalue weighted by molar-refractivity contribution is 4.94. The van der Waals surface area contributed by atoms with Gasteiger partial charge in [0.25, 0.3) is 0 Å². The molecule has 1 N–H and O–H groups in total. The van der Waals surface area contributed by atoms with Crippen LogP contribution >= 0.6 is 0 Å². The van der Waals surface area contributed by atoms with Crippen LogP contribution in [0.25, 0.3) is 0 Å². The van der Waals surface area contributed by atoms with Gasteiger partial charge in [-0.1, -0.05) is 25.0 Å². The van der Waals surface area contributed by atoms with E-state index in [1.807, 2.05) is 0 Å². The molecule has 2 aliphatic carbocycles. The first kappa shape index (κ1) is 10.2. The van der Waals surface area contributed by atoms with Crippen LogP contribution in [0.4, 0.5) is 0 Å². The van der Waals surface area contributed by atoms with Crippen LogP contribution in [0.3, 0.4) is 0 Å². The Hall–Kier alpha value is -0.300. The summed E-state index contributed by atoms with van der Waals surface area (Å²) in [7, 11) is 0. The van der Waals surface area contributed by atoms with E-state index in [4.69, 9.17) is 0 Å². The van der Waals surface area contributed by atoms with Crippen molar-refractivity contribution in [1.82, 2.24) is 5.32 Å². The van der Waals surface area contributed by atoms with E-state index in [0.717, 1.165) is 24.4 Å². The van der Waals surface area contributed by atoms with E-state index in [9.17, 15) is 0 Å². The quantitative estimate of drug-likeness (QED) is 0.676. The summed E-state index contributed by atoms with van der Waals surface area (Å²) in [6.07, 6.45) is 8.77. The van der Waals surface area contributed by atoms with Crippen molar-refractivity contribution in [2.45, 2.75) is 51.5 Å². The van der Waals surface area contributed by atoms with E-state index >= 15 is 0 Å². The van der Waals surface area contributed by atoms with E-state index in [2.05, 4.69) is 18.8 Å². The summed E-state index contributed by atoms with van der Waals surface area (Å²) in [6, 6.07) is 0.783. The molecule has 1 nitrogen and oxygen atoms in total. The number of hydrogen-bond acceptors (Lipinski definition) is 1. The van der Waals surface area contributed by atoms with E-state index in [1.54, 1.807) is 0 Å². The van der Waals surface area contributed by atoms with Crippen LogP contribution < -0.4 is 5.32 Å². The summed E-state index contributed by atoms with van der Waals surface area (Å²) in [4.78, 5) is 0. The monoisotopic (exact) mass is 193 g/mol. The summed E-state index contributed by atoms with van der Waals surface area (Å²) in [6.45, 7) is 7.06. The third-order valence-corrected chi connectivity index (χ3v) is 3.70. The smallest absolute Gasteiger partial charge is 0.0161 e. The highest BCUT2D eigenvalue weighted by Crippen LogP contribution is 2.43. The van der Waals surface area contributed by atoms with Crippen LogP contribution in [0.5, 0.6) is 0 Å². The predicted molar refractivity (Wildman–Crippen MR) is 61.3 cm³/mol. The summed E-state index contributed by atoms with van der Waals surface area (Å²) in [5, 5.41) is 3.63. The van der Waals surface area contributed by atoms with Gasteiger partial charge in [-0.15, -0.1) is 0 Å². The van der Waals surface area contributed by atoms with Crippen LogP contribution in [0.15, 0.2) is 12.2 Å². The minimum absolute atomic E-state index is 0.783. The molecule has 2 fully saturated rings. The fourth-order valence-electron chi connectivity index (χ4n) is 2.73. The second-order valence-corrected chi connectivity index (χ2v) is 5.30. The molecular formula is C13H23N. The Labute approximate surface area is 88.0 Å². The van der Waals surface area contributed by atoms with Crippen molar-refractivity contribution in [2.24, 2.45) is 11.8 Å². The molecule has 14 heavy (non-hydrogen) atoms. The third-order valence-electron chi connectivity index (χ3n) is 3.70. The molecule has 1 heteroatoms. The molecule has 0 spiro atoms. The van der Waals surface area contributed by atoms with Gasteiger partial charge in [-0.2, -0.15) is 0 Å². The highest BCUT2D eigenvalue weighted by Gasteiger charge is 2.34. The molecular weight excluding hydrogens is 170 g/mol. The lowest BCUT2D eigenvalue weighted by Crippen LogP contribution is -2.35. The van der Waals surface area contributed by atoms with E-state index < -0.39 is 0 Å². The Balaban J connectivity index is 1.72. The minimum atomic E-state index is 0.783. The Kier molecular flexibility index (Phi) is 3.27. The molecule has 80 valence electrons. The van der Waals surface area contributed by atoms with Crippen molar-refractivity contribution in [3.05, 3.63) is 12.2 Å². The first-order chi connectivity index (χ1) is 6.75. The summed E-state index contributed by atoms with van der Waals surface area (Å²) >= 11 is 0. The van der Waals surface area contributed by atoms with Crippen molar-refractivity contribution < 1.29 is 0 Å². The van der Waals surface area contributed by atoms with Crippen molar-refractivity contribution in [1.29, 1.82) is 0 Å². The average molecular weight is 193 g/mol. The zero-order valence-corrected chi connectivity index (χ0v) is 9.39. The first-order valence-electron chi connectivity index (χ1n) is 6.13. The second kappa shape index (κ2) is 4.48. The molecule has 0 bridgehead atoms. The zero-order chi connectivity index (χ0) is 9.97. The maximum Gasteiger partial charge on any atom is 0.0161 e. The van der Waals surface area contributed by atoms with Crippen LogP contribution in [-0.2, 0) is 0 Å². The Morgan fingerprint density at radius 2 is 2.00 bits per heavy atom. The molecule has 0 aromatic rings. The largest absolute Gasteiger partial charge is 0.310 e. The van der Waals surface area contributed by atoms with Crippen molar-refractivity contribution >= 4 is 0 Å². The molecule has 0 saturated heterocycles. The lowest BCUT2D eigenvalue weighted by atomic mass is 9.82. The van der Waals surface area contributed by atoms with Gasteiger partial charge in [0.1, 0.15) is 0 Å². The average Bonchev–Trinajstić information content (AvgIpc) is 2.98.